The average Bonchev–Trinajstić information content (AvgIpc) is 3.38. The number of hydrogen-bond donors (Lipinski definition) is 0. The molecule has 0 aliphatic carbocycles. The first-order chi connectivity index (χ1) is 20.0. The lowest BCUT2D eigenvalue weighted by molar-refractivity contribution is -0.120. The van der Waals surface area contributed by atoms with Crippen LogP contribution in [0.25, 0.3) is 28.6 Å². The van der Waals surface area contributed by atoms with Crippen molar-refractivity contribution in [2.45, 2.75) is 33.5 Å². The summed E-state index contributed by atoms with van der Waals surface area (Å²) in [6, 6.07) is 20.8. The predicted molar refractivity (Wildman–Crippen MR) is 163 cm³/mol. The third-order valence-corrected chi connectivity index (χ3v) is 7.54. The van der Waals surface area contributed by atoms with Crippen molar-refractivity contribution in [1.29, 1.82) is 0 Å². The van der Waals surface area contributed by atoms with Gasteiger partial charge in [-0.05, 0) is 55.7 Å². The number of rotatable bonds is 6. The van der Waals surface area contributed by atoms with Crippen molar-refractivity contribution in [3.05, 3.63) is 131 Å². The third kappa shape index (κ3) is 4.81. The van der Waals surface area contributed by atoms with Gasteiger partial charge in [0.15, 0.2) is 0 Å². The van der Waals surface area contributed by atoms with Gasteiger partial charge in [0, 0.05) is 28.7 Å². The van der Waals surface area contributed by atoms with Crippen LogP contribution < -0.4 is 4.90 Å². The smallest absolute Gasteiger partial charge is 0.340 e. The lowest BCUT2D eigenvalue weighted by atomic mass is 9.91. The summed E-state index contributed by atoms with van der Waals surface area (Å²) in [5.41, 5.74) is 1.90. The van der Waals surface area contributed by atoms with Gasteiger partial charge in [0.05, 0.1) is 22.4 Å². The zero-order valence-corrected chi connectivity index (χ0v) is 23.5. The first-order valence-corrected chi connectivity index (χ1v) is 13.4. The number of carbonyl (C=O) groups excluding carboxylic acids is 2. The summed E-state index contributed by atoms with van der Waals surface area (Å²) in [5, 5.41) is 0.347. The van der Waals surface area contributed by atoms with Crippen LogP contribution in [-0.4, -0.2) is 22.6 Å². The molecule has 7 heteroatoms. The normalized spacial score (nSPS) is 15.0. The molecule has 4 aromatic rings. The van der Waals surface area contributed by atoms with E-state index in [0.29, 0.717) is 28.7 Å². The minimum Gasteiger partial charge on any atom is -0.340 e. The molecule has 0 spiro atoms. The van der Waals surface area contributed by atoms with E-state index in [9.17, 15) is 9.59 Å². The van der Waals surface area contributed by atoms with Gasteiger partial charge in [-0.3, -0.25) is 9.59 Å². The second-order valence-electron chi connectivity index (χ2n) is 10.4. The standard InChI is InChI=1S/C35H29F3N2O2/c1-6-23-12-14-25(15-13-23)20-39-22(5)30(27-10-8-9-11-28(27)39)32(35(36,37)38)31-29(21(3)4)33(41)40(34(31)42)26-18-16-24(7-2)17-19-26/h6-19H,1-2,20H2,3-5H3/b32-31-. The fourth-order valence-electron chi connectivity index (χ4n) is 5.52. The number of benzene rings is 3. The van der Waals surface area contributed by atoms with E-state index in [2.05, 4.69) is 13.2 Å². The maximum atomic E-state index is 15.3. The van der Waals surface area contributed by atoms with Gasteiger partial charge in [0.2, 0.25) is 0 Å². The van der Waals surface area contributed by atoms with Gasteiger partial charge in [-0.1, -0.05) is 85.5 Å². The first-order valence-electron chi connectivity index (χ1n) is 13.4. The molecule has 1 aliphatic heterocycles. The minimum atomic E-state index is -4.94. The van der Waals surface area contributed by atoms with Crippen molar-refractivity contribution >= 4 is 46.1 Å². The average molecular weight is 567 g/mol. The highest BCUT2D eigenvalue weighted by Gasteiger charge is 2.49. The van der Waals surface area contributed by atoms with E-state index in [1.165, 1.54) is 12.1 Å². The van der Waals surface area contributed by atoms with Crippen LogP contribution >= 0.6 is 0 Å². The van der Waals surface area contributed by atoms with E-state index in [-0.39, 0.29) is 16.8 Å². The number of anilines is 1. The Labute approximate surface area is 242 Å². The second-order valence-corrected chi connectivity index (χ2v) is 10.4. The summed E-state index contributed by atoms with van der Waals surface area (Å²) < 4.78 is 47.6. The third-order valence-electron chi connectivity index (χ3n) is 7.54. The van der Waals surface area contributed by atoms with Crippen molar-refractivity contribution in [1.82, 2.24) is 4.57 Å². The van der Waals surface area contributed by atoms with Crippen LogP contribution in [0.5, 0.6) is 0 Å². The first kappa shape index (κ1) is 28.6. The van der Waals surface area contributed by atoms with Crippen LogP contribution in [0.15, 0.2) is 103 Å². The molecule has 42 heavy (non-hydrogen) atoms. The molecule has 0 unspecified atom stereocenters. The number of para-hydroxylation sites is 1. The van der Waals surface area contributed by atoms with Gasteiger partial charge >= 0.3 is 6.18 Å². The summed E-state index contributed by atoms with van der Waals surface area (Å²) in [4.78, 5) is 28.4. The highest BCUT2D eigenvalue weighted by Crippen LogP contribution is 2.47. The van der Waals surface area contributed by atoms with Crippen LogP contribution in [-0.2, 0) is 16.1 Å². The molecule has 0 saturated carbocycles. The Morgan fingerprint density at radius 1 is 0.810 bits per heavy atom. The quantitative estimate of drug-likeness (QED) is 0.173. The number of carbonyl (C=O) groups is 2. The molecule has 1 fully saturated rings. The lowest BCUT2D eigenvalue weighted by Crippen LogP contribution is -2.29. The molecule has 5 rings (SSSR count). The SMILES string of the molecule is C=Cc1ccc(Cn2c(C)c(/C(=C3/C(=O)N(c4ccc(C=C)cc4)C(=O)C3=C(C)C)C(F)(F)F)c3ccccc32)cc1. The molecular formula is C35H29F3N2O2. The van der Waals surface area contributed by atoms with Crippen LogP contribution in [0.3, 0.4) is 0 Å². The number of fused-ring (bicyclic) bond motifs is 1. The Balaban J connectivity index is 1.79. The molecule has 0 radical (unpaired) electrons. The lowest BCUT2D eigenvalue weighted by Gasteiger charge is -2.17. The van der Waals surface area contributed by atoms with Crippen LogP contribution in [0, 0.1) is 6.92 Å². The number of allylic oxidation sites excluding steroid dienone is 2. The van der Waals surface area contributed by atoms with Crippen LogP contribution in [0.2, 0.25) is 0 Å². The van der Waals surface area contributed by atoms with Gasteiger partial charge < -0.3 is 4.57 Å². The largest absolute Gasteiger partial charge is 0.417 e. The second kappa shape index (κ2) is 10.8. The number of nitrogens with zero attached hydrogens (tertiary/aromatic N) is 2. The number of alkyl halides is 3. The molecule has 1 saturated heterocycles. The molecule has 3 aromatic carbocycles. The maximum Gasteiger partial charge on any atom is 0.417 e. The molecule has 0 atom stereocenters. The van der Waals surface area contributed by atoms with Gasteiger partial charge in [-0.2, -0.15) is 13.2 Å². The molecule has 0 bridgehead atoms. The Kier molecular flexibility index (Phi) is 7.37. The predicted octanol–water partition coefficient (Wildman–Crippen LogP) is 8.51. The summed E-state index contributed by atoms with van der Waals surface area (Å²) in [5.74, 6) is -1.79. The van der Waals surface area contributed by atoms with E-state index in [4.69, 9.17) is 0 Å². The Morgan fingerprint density at radius 2 is 1.36 bits per heavy atom. The van der Waals surface area contributed by atoms with Crippen molar-refractivity contribution in [2.24, 2.45) is 0 Å². The summed E-state index contributed by atoms with van der Waals surface area (Å²) >= 11 is 0. The molecule has 2 amide bonds. The van der Waals surface area contributed by atoms with E-state index in [0.717, 1.165) is 21.6 Å². The van der Waals surface area contributed by atoms with Gasteiger partial charge in [-0.25, -0.2) is 4.90 Å². The molecular weight excluding hydrogens is 537 g/mol. The topological polar surface area (TPSA) is 42.3 Å². The summed E-state index contributed by atoms with van der Waals surface area (Å²) in [7, 11) is 0. The zero-order valence-electron chi connectivity index (χ0n) is 23.5. The highest BCUT2D eigenvalue weighted by atomic mass is 19.4. The molecule has 0 N–H and O–H groups in total. The Hall–Kier alpha value is -4.91. The van der Waals surface area contributed by atoms with Crippen molar-refractivity contribution in [2.75, 3.05) is 4.90 Å². The van der Waals surface area contributed by atoms with E-state index >= 15 is 13.2 Å². The molecule has 212 valence electrons. The molecule has 1 aliphatic rings. The highest BCUT2D eigenvalue weighted by molar-refractivity contribution is 6.39. The van der Waals surface area contributed by atoms with E-state index < -0.39 is 29.1 Å². The van der Waals surface area contributed by atoms with Gasteiger partial charge in [-0.15, -0.1) is 0 Å². The molecule has 2 heterocycles. The van der Waals surface area contributed by atoms with E-state index in [1.54, 1.807) is 69.3 Å². The van der Waals surface area contributed by atoms with Gasteiger partial charge in [0.25, 0.3) is 11.8 Å². The molecule has 4 nitrogen and oxygen atoms in total. The van der Waals surface area contributed by atoms with E-state index in [1.807, 2.05) is 28.8 Å². The Morgan fingerprint density at radius 3 is 1.90 bits per heavy atom. The Bertz CT molecular complexity index is 1820. The number of hydrogen-bond acceptors (Lipinski definition) is 2. The van der Waals surface area contributed by atoms with Crippen molar-refractivity contribution in [3.8, 4) is 0 Å². The van der Waals surface area contributed by atoms with Gasteiger partial charge in [0.1, 0.15) is 0 Å². The summed E-state index contributed by atoms with van der Waals surface area (Å²) in [6.45, 7) is 12.5. The fraction of sp³-hybridized carbons (Fsp3) is 0.143. The van der Waals surface area contributed by atoms with Crippen LogP contribution in [0.1, 0.15) is 41.8 Å². The number of aromatic nitrogens is 1. The molecule has 1 aromatic heterocycles. The number of imide groups is 1. The summed E-state index contributed by atoms with van der Waals surface area (Å²) in [6.07, 6.45) is -1.63. The monoisotopic (exact) mass is 566 g/mol. The van der Waals surface area contributed by atoms with Crippen LogP contribution in [0.4, 0.5) is 18.9 Å². The minimum absolute atomic E-state index is 0.112. The number of amides is 2. The van der Waals surface area contributed by atoms with Crippen molar-refractivity contribution in [3.63, 3.8) is 0 Å². The zero-order chi connectivity index (χ0) is 30.3. The maximum absolute atomic E-state index is 15.3. The fourth-order valence-corrected chi connectivity index (χ4v) is 5.52. The van der Waals surface area contributed by atoms with Crippen molar-refractivity contribution < 1.29 is 22.8 Å². The number of halogens is 3.